The molecule has 1 aliphatic heterocycles. The molecule has 1 aromatic carbocycles. The Labute approximate surface area is 151 Å². The predicted octanol–water partition coefficient (Wildman–Crippen LogP) is 3.25. The van der Waals surface area contributed by atoms with E-state index in [2.05, 4.69) is 41.3 Å². The van der Waals surface area contributed by atoms with Crippen LogP contribution in [0.2, 0.25) is 0 Å². The number of aliphatic imine (C=N–C) groups is 1. The highest BCUT2D eigenvalue weighted by molar-refractivity contribution is 5.79. The first-order valence-electron chi connectivity index (χ1n) is 9.55. The van der Waals surface area contributed by atoms with Crippen LogP contribution in [0.3, 0.4) is 0 Å². The quantitative estimate of drug-likeness (QED) is 0.587. The van der Waals surface area contributed by atoms with Crippen LogP contribution < -0.4 is 10.6 Å². The summed E-state index contributed by atoms with van der Waals surface area (Å²) in [6.45, 7) is 12.6. The molecule has 0 saturated carbocycles. The van der Waals surface area contributed by atoms with Gasteiger partial charge in [0, 0.05) is 26.2 Å². The van der Waals surface area contributed by atoms with Gasteiger partial charge in [0.25, 0.3) is 0 Å². The van der Waals surface area contributed by atoms with Gasteiger partial charge in [-0.15, -0.1) is 0 Å². The summed E-state index contributed by atoms with van der Waals surface area (Å²) in [4.78, 5) is 7.21. The minimum Gasteiger partial charge on any atom is -0.357 e. The molecule has 1 heterocycles. The monoisotopic (exact) mass is 348 g/mol. The zero-order valence-electron chi connectivity index (χ0n) is 15.9. The first kappa shape index (κ1) is 19.7. The Morgan fingerprint density at radius 2 is 2.04 bits per heavy atom. The lowest BCUT2D eigenvalue weighted by Gasteiger charge is -2.34. The molecule has 1 aliphatic rings. The zero-order valence-corrected chi connectivity index (χ0v) is 15.9. The van der Waals surface area contributed by atoms with Crippen molar-refractivity contribution < 1.29 is 4.39 Å². The topological polar surface area (TPSA) is 39.7 Å². The minimum absolute atomic E-state index is 0.207. The maximum Gasteiger partial charge on any atom is 0.191 e. The summed E-state index contributed by atoms with van der Waals surface area (Å²) in [5, 5.41) is 6.78. The van der Waals surface area contributed by atoms with Gasteiger partial charge in [-0.1, -0.05) is 26.0 Å². The Morgan fingerprint density at radius 1 is 1.28 bits per heavy atom. The Hall–Kier alpha value is -1.62. The molecular formula is C20H33FN4. The number of hydrogen-bond acceptors (Lipinski definition) is 2. The Morgan fingerprint density at radius 3 is 2.72 bits per heavy atom. The first-order chi connectivity index (χ1) is 12.1. The maximum atomic E-state index is 13.0. The van der Waals surface area contributed by atoms with Gasteiger partial charge in [-0.05, 0) is 55.8 Å². The number of nitrogens with one attached hydrogen (secondary N) is 2. The van der Waals surface area contributed by atoms with Gasteiger partial charge in [-0.25, -0.2) is 9.38 Å². The maximum absolute atomic E-state index is 13.0. The molecule has 0 aromatic heterocycles. The molecule has 1 unspecified atom stereocenters. The van der Waals surface area contributed by atoms with E-state index in [1.165, 1.54) is 44.6 Å². The van der Waals surface area contributed by atoms with Crippen molar-refractivity contribution in [1.29, 1.82) is 0 Å². The summed E-state index contributed by atoms with van der Waals surface area (Å²) in [6.07, 6.45) is 2.56. The van der Waals surface area contributed by atoms with E-state index in [9.17, 15) is 4.39 Å². The molecule has 5 heteroatoms. The van der Waals surface area contributed by atoms with Gasteiger partial charge in [0.2, 0.25) is 0 Å². The van der Waals surface area contributed by atoms with Gasteiger partial charge >= 0.3 is 0 Å². The number of likely N-dealkylation sites (tertiary alicyclic amines) is 1. The fourth-order valence-corrected chi connectivity index (χ4v) is 3.34. The predicted molar refractivity (Wildman–Crippen MR) is 103 cm³/mol. The smallest absolute Gasteiger partial charge is 0.191 e. The second kappa shape index (κ2) is 10.4. The molecular weight excluding hydrogens is 315 g/mol. The molecule has 140 valence electrons. The molecule has 0 amide bonds. The van der Waals surface area contributed by atoms with Crippen LogP contribution in [0, 0.1) is 17.7 Å². The van der Waals surface area contributed by atoms with Gasteiger partial charge in [0.05, 0.1) is 6.54 Å². The fraction of sp³-hybridized carbons (Fsp3) is 0.650. The number of guanidine groups is 1. The van der Waals surface area contributed by atoms with Gasteiger partial charge in [-0.2, -0.15) is 0 Å². The third kappa shape index (κ3) is 7.43. The van der Waals surface area contributed by atoms with Crippen LogP contribution >= 0.6 is 0 Å². The molecule has 1 fully saturated rings. The molecule has 0 spiro atoms. The third-order valence-corrected chi connectivity index (χ3v) is 4.46. The van der Waals surface area contributed by atoms with Crippen molar-refractivity contribution in [2.24, 2.45) is 16.8 Å². The number of halogens is 1. The van der Waals surface area contributed by atoms with Crippen molar-refractivity contribution in [1.82, 2.24) is 15.5 Å². The minimum atomic E-state index is -0.207. The van der Waals surface area contributed by atoms with Crippen molar-refractivity contribution in [2.75, 3.05) is 32.7 Å². The highest BCUT2D eigenvalue weighted by Gasteiger charge is 2.20. The Bertz CT molecular complexity index is 527. The van der Waals surface area contributed by atoms with Crippen molar-refractivity contribution in [2.45, 2.75) is 40.2 Å². The SMILES string of the molecule is CCNC(=NCc1ccc(F)cc1)NCC1CCCN(CC(C)C)C1. The van der Waals surface area contributed by atoms with Crippen molar-refractivity contribution in [3.63, 3.8) is 0 Å². The number of rotatable bonds is 7. The van der Waals surface area contributed by atoms with Gasteiger partial charge < -0.3 is 15.5 Å². The highest BCUT2D eigenvalue weighted by atomic mass is 19.1. The molecule has 25 heavy (non-hydrogen) atoms. The number of benzene rings is 1. The second-order valence-electron chi connectivity index (χ2n) is 7.36. The largest absolute Gasteiger partial charge is 0.357 e. The molecule has 2 rings (SSSR count). The van der Waals surface area contributed by atoms with Crippen molar-refractivity contribution >= 4 is 5.96 Å². The van der Waals surface area contributed by atoms with Crippen LogP contribution in [0.25, 0.3) is 0 Å². The molecule has 1 saturated heterocycles. The van der Waals surface area contributed by atoms with Crippen LogP contribution in [-0.4, -0.2) is 43.6 Å². The van der Waals surface area contributed by atoms with E-state index >= 15 is 0 Å². The summed E-state index contributed by atoms with van der Waals surface area (Å²) in [7, 11) is 0. The standard InChI is InChI=1S/C20H33FN4/c1-4-22-20(23-12-17-7-9-19(21)10-8-17)24-13-18-6-5-11-25(15-18)14-16(2)3/h7-10,16,18H,4-6,11-15H2,1-3H3,(H2,22,23,24). The van der Waals surface area contributed by atoms with Crippen LogP contribution in [0.4, 0.5) is 4.39 Å². The van der Waals surface area contributed by atoms with E-state index in [1.54, 1.807) is 12.1 Å². The van der Waals surface area contributed by atoms with Crippen molar-refractivity contribution in [3.05, 3.63) is 35.6 Å². The van der Waals surface area contributed by atoms with Crippen LogP contribution in [-0.2, 0) is 6.54 Å². The van der Waals surface area contributed by atoms with E-state index in [-0.39, 0.29) is 5.82 Å². The van der Waals surface area contributed by atoms with E-state index < -0.39 is 0 Å². The molecule has 1 aromatic rings. The summed E-state index contributed by atoms with van der Waals surface area (Å²) >= 11 is 0. The first-order valence-corrected chi connectivity index (χ1v) is 9.55. The van der Waals surface area contributed by atoms with Gasteiger partial charge in [-0.3, -0.25) is 0 Å². The summed E-state index contributed by atoms with van der Waals surface area (Å²) < 4.78 is 13.0. The average molecular weight is 349 g/mol. The summed E-state index contributed by atoms with van der Waals surface area (Å²) in [5.41, 5.74) is 1.01. The average Bonchev–Trinajstić information content (AvgIpc) is 2.58. The number of hydrogen-bond donors (Lipinski definition) is 2. The number of piperidine rings is 1. The van der Waals surface area contributed by atoms with Crippen molar-refractivity contribution in [3.8, 4) is 0 Å². The summed E-state index contributed by atoms with van der Waals surface area (Å²) in [6, 6.07) is 6.54. The lowest BCUT2D eigenvalue weighted by Crippen LogP contribution is -2.45. The normalized spacial score (nSPS) is 19.2. The molecule has 1 atom stereocenters. The molecule has 2 N–H and O–H groups in total. The lowest BCUT2D eigenvalue weighted by molar-refractivity contribution is 0.159. The van der Waals surface area contributed by atoms with Crippen LogP contribution in [0.1, 0.15) is 39.2 Å². The zero-order chi connectivity index (χ0) is 18.1. The van der Waals surface area contributed by atoms with E-state index in [1.807, 2.05) is 0 Å². The highest BCUT2D eigenvalue weighted by Crippen LogP contribution is 2.16. The summed E-state index contributed by atoms with van der Waals surface area (Å²) in [5.74, 6) is 2.03. The van der Waals surface area contributed by atoms with E-state index in [0.29, 0.717) is 12.5 Å². The van der Waals surface area contributed by atoms with E-state index in [4.69, 9.17) is 0 Å². The Balaban J connectivity index is 1.83. The third-order valence-electron chi connectivity index (χ3n) is 4.46. The van der Waals surface area contributed by atoms with Crippen LogP contribution in [0.15, 0.2) is 29.3 Å². The molecule has 4 nitrogen and oxygen atoms in total. The number of nitrogens with zero attached hydrogens (tertiary/aromatic N) is 2. The Kier molecular flexibility index (Phi) is 8.19. The van der Waals surface area contributed by atoms with E-state index in [0.717, 1.165) is 30.5 Å². The molecule has 0 radical (unpaired) electrons. The van der Waals surface area contributed by atoms with Gasteiger partial charge in [0.15, 0.2) is 5.96 Å². The van der Waals surface area contributed by atoms with Gasteiger partial charge in [0.1, 0.15) is 5.82 Å². The fourth-order valence-electron chi connectivity index (χ4n) is 3.34. The van der Waals surface area contributed by atoms with Crippen LogP contribution in [0.5, 0.6) is 0 Å². The second-order valence-corrected chi connectivity index (χ2v) is 7.36. The lowest BCUT2D eigenvalue weighted by atomic mass is 9.97. The molecule has 0 bridgehead atoms. The molecule has 0 aliphatic carbocycles.